The number of halogens is 1. The molecule has 0 amide bonds. The first-order valence-electron chi connectivity index (χ1n) is 5.11. The summed E-state index contributed by atoms with van der Waals surface area (Å²) in [7, 11) is 0. The molecule has 1 atom stereocenters. The Morgan fingerprint density at radius 3 is 2.81 bits per heavy atom. The van der Waals surface area contributed by atoms with Gasteiger partial charge in [-0.05, 0) is 40.5 Å². The van der Waals surface area contributed by atoms with Crippen molar-refractivity contribution in [2.45, 2.75) is 25.8 Å². The lowest BCUT2D eigenvalue weighted by atomic mass is 10.1. The Hall–Kier alpha value is -1.45. The van der Waals surface area contributed by atoms with E-state index in [4.69, 9.17) is 11.7 Å². The second kappa shape index (κ2) is 6.20. The largest absolute Gasteiger partial charge is 0.381 e. The molecule has 0 fully saturated rings. The number of hydrogen-bond donors (Lipinski definition) is 1. The Kier molecular flexibility index (Phi) is 4.89. The molecule has 3 heteroatoms. The van der Waals surface area contributed by atoms with Crippen LogP contribution < -0.4 is 5.32 Å². The molecule has 0 radical (unpaired) electrons. The smallest absolute Gasteiger partial charge is 0.100 e. The molecule has 0 spiro atoms. The van der Waals surface area contributed by atoms with E-state index in [1.807, 2.05) is 12.1 Å². The quantitative estimate of drug-likeness (QED) is 0.854. The highest BCUT2D eigenvalue weighted by atomic mass is 79.9. The fourth-order valence-electron chi connectivity index (χ4n) is 1.37. The summed E-state index contributed by atoms with van der Waals surface area (Å²) in [5, 5.41) is 12.1. The monoisotopic (exact) mass is 276 g/mol. The van der Waals surface area contributed by atoms with E-state index in [9.17, 15) is 0 Å². The molecule has 1 rings (SSSR count). The van der Waals surface area contributed by atoms with Crippen molar-refractivity contribution in [2.75, 3.05) is 5.32 Å². The molecular weight excluding hydrogens is 264 g/mol. The molecule has 0 saturated carbocycles. The number of hydrogen-bond acceptors (Lipinski definition) is 2. The first kappa shape index (κ1) is 12.6. The van der Waals surface area contributed by atoms with Gasteiger partial charge in [-0.25, -0.2) is 0 Å². The Morgan fingerprint density at radius 1 is 1.56 bits per heavy atom. The van der Waals surface area contributed by atoms with Gasteiger partial charge < -0.3 is 5.32 Å². The molecule has 16 heavy (non-hydrogen) atoms. The van der Waals surface area contributed by atoms with Gasteiger partial charge in [0.2, 0.25) is 0 Å². The molecule has 0 aliphatic rings. The van der Waals surface area contributed by atoms with Gasteiger partial charge in [-0.15, -0.1) is 12.3 Å². The van der Waals surface area contributed by atoms with Gasteiger partial charge >= 0.3 is 0 Å². The summed E-state index contributed by atoms with van der Waals surface area (Å²) in [6.07, 6.45) is 6.97. The van der Waals surface area contributed by atoms with Crippen LogP contribution in [0, 0.1) is 23.7 Å². The van der Waals surface area contributed by atoms with Crippen molar-refractivity contribution in [1.29, 1.82) is 5.26 Å². The van der Waals surface area contributed by atoms with Crippen molar-refractivity contribution in [3.8, 4) is 18.4 Å². The zero-order valence-electron chi connectivity index (χ0n) is 9.13. The van der Waals surface area contributed by atoms with Gasteiger partial charge in [0.25, 0.3) is 0 Å². The van der Waals surface area contributed by atoms with Crippen LogP contribution in [0.15, 0.2) is 22.7 Å². The lowest BCUT2D eigenvalue weighted by Gasteiger charge is -2.16. The molecule has 0 saturated heterocycles. The van der Waals surface area contributed by atoms with E-state index in [0.29, 0.717) is 12.0 Å². The minimum atomic E-state index is 0.282. The van der Waals surface area contributed by atoms with E-state index in [1.165, 1.54) is 0 Å². The van der Waals surface area contributed by atoms with E-state index >= 15 is 0 Å². The standard InChI is InChI=1S/C13H13BrN2/c1-3-5-11(4-2)16-12-7-6-10(9-15)13(14)8-12/h1,6-8,11,16H,4-5H2,2H3. The van der Waals surface area contributed by atoms with E-state index in [1.54, 1.807) is 6.07 Å². The van der Waals surface area contributed by atoms with Gasteiger partial charge in [0.1, 0.15) is 6.07 Å². The van der Waals surface area contributed by atoms with Gasteiger partial charge in [-0.1, -0.05) is 6.92 Å². The Bertz CT molecular complexity index is 440. The first-order chi connectivity index (χ1) is 7.71. The fraction of sp³-hybridized carbons (Fsp3) is 0.308. The second-order valence-corrected chi connectivity index (χ2v) is 4.32. The van der Waals surface area contributed by atoms with Crippen molar-refractivity contribution < 1.29 is 0 Å². The van der Waals surface area contributed by atoms with Crippen molar-refractivity contribution in [3.05, 3.63) is 28.2 Å². The third-order valence-electron chi connectivity index (χ3n) is 2.32. The number of anilines is 1. The lowest BCUT2D eigenvalue weighted by Crippen LogP contribution is -2.17. The number of nitriles is 1. The Balaban J connectivity index is 2.79. The number of nitrogens with zero attached hydrogens (tertiary/aromatic N) is 1. The van der Waals surface area contributed by atoms with Gasteiger partial charge in [-0.2, -0.15) is 5.26 Å². The van der Waals surface area contributed by atoms with Crippen molar-refractivity contribution in [3.63, 3.8) is 0 Å². The number of rotatable bonds is 4. The molecule has 1 aromatic rings. The van der Waals surface area contributed by atoms with Gasteiger partial charge in [0.15, 0.2) is 0 Å². The summed E-state index contributed by atoms with van der Waals surface area (Å²) in [6, 6.07) is 7.97. The van der Waals surface area contributed by atoms with E-state index < -0.39 is 0 Å². The number of benzene rings is 1. The predicted molar refractivity (Wildman–Crippen MR) is 70.0 cm³/mol. The van der Waals surface area contributed by atoms with Crippen LogP contribution in [0.4, 0.5) is 5.69 Å². The van der Waals surface area contributed by atoms with Crippen molar-refractivity contribution >= 4 is 21.6 Å². The summed E-state index contributed by atoms with van der Waals surface area (Å²) in [6.45, 7) is 2.09. The summed E-state index contributed by atoms with van der Waals surface area (Å²) >= 11 is 3.36. The second-order valence-electron chi connectivity index (χ2n) is 3.46. The molecule has 82 valence electrons. The Morgan fingerprint density at radius 2 is 2.31 bits per heavy atom. The van der Waals surface area contributed by atoms with Crippen LogP contribution in [0.25, 0.3) is 0 Å². The van der Waals surface area contributed by atoms with Gasteiger partial charge in [0, 0.05) is 22.6 Å². The Labute approximate surface area is 105 Å². The molecule has 1 unspecified atom stereocenters. The molecule has 0 heterocycles. The highest BCUT2D eigenvalue weighted by Crippen LogP contribution is 2.22. The topological polar surface area (TPSA) is 35.8 Å². The van der Waals surface area contributed by atoms with Crippen LogP contribution in [0.5, 0.6) is 0 Å². The maximum atomic E-state index is 8.79. The van der Waals surface area contributed by atoms with Crippen LogP contribution in [0.2, 0.25) is 0 Å². The van der Waals surface area contributed by atoms with Crippen LogP contribution in [-0.4, -0.2) is 6.04 Å². The van der Waals surface area contributed by atoms with Crippen LogP contribution in [0.3, 0.4) is 0 Å². The zero-order valence-corrected chi connectivity index (χ0v) is 10.7. The van der Waals surface area contributed by atoms with E-state index in [2.05, 4.69) is 40.2 Å². The summed E-state index contributed by atoms with van der Waals surface area (Å²) in [5.41, 5.74) is 1.61. The molecule has 2 nitrogen and oxygen atoms in total. The maximum absolute atomic E-state index is 8.79. The van der Waals surface area contributed by atoms with Crippen LogP contribution in [-0.2, 0) is 0 Å². The SMILES string of the molecule is C#CCC(CC)Nc1ccc(C#N)c(Br)c1. The summed E-state index contributed by atoms with van der Waals surface area (Å²) in [4.78, 5) is 0. The highest BCUT2D eigenvalue weighted by molar-refractivity contribution is 9.10. The van der Waals surface area contributed by atoms with Crippen LogP contribution in [0.1, 0.15) is 25.3 Å². The summed E-state index contributed by atoms with van der Waals surface area (Å²) < 4.78 is 0.801. The lowest BCUT2D eigenvalue weighted by molar-refractivity contribution is 0.715. The minimum absolute atomic E-state index is 0.282. The van der Waals surface area contributed by atoms with Gasteiger partial charge in [-0.3, -0.25) is 0 Å². The predicted octanol–water partition coefficient (Wildman–Crippen LogP) is 3.53. The molecular formula is C13H13BrN2. The van der Waals surface area contributed by atoms with Gasteiger partial charge in [0.05, 0.1) is 5.56 Å². The summed E-state index contributed by atoms with van der Waals surface area (Å²) in [5.74, 6) is 2.65. The highest BCUT2D eigenvalue weighted by Gasteiger charge is 2.06. The normalized spacial score (nSPS) is 11.2. The molecule has 1 N–H and O–H groups in total. The third kappa shape index (κ3) is 3.29. The average molecular weight is 277 g/mol. The average Bonchev–Trinajstić information content (AvgIpc) is 2.28. The van der Waals surface area contributed by atoms with Crippen molar-refractivity contribution in [2.24, 2.45) is 0 Å². The molecule has 0 bridgehead atoms. The molecule has 0 aliphatic heterocycles. The number of nitrogens with one attached hydrogen (secondary N) is 1. The third-order valence-corrected chi connectivity index (χ3v) is 2.97. The van der Waals surface area contributed by atoms with E-state index in [0.717, 1.165) is 16.6 Å². The van der Waals surface area contributed by atoms with Crippen LogP contribution >= 0.6 is 15.9 Å². The van der Waals surface area contributed by atoms with E-state index in [-0.39, 0.29) is 6.04 Å². The maximum Gasteiger partial charge on any atom is 0.100 e. The molecule has 0 aromatic heterocycles. The number of terminal acetylenes is 1. The molecule has 0 aliphatic carbocycles. The zero-order chi connectivity index (χ0) is 12.0. The first-order valence-corrected chi connectivity index (χ1v) is 5.90. The fourth-order valence-corrected chi connectivity index (χ4v) is 1.84. The minimum Gasteiger partial charge on any atom is -0.381 e. The molecule has 1 aromatic carbocycles. The van der Waals surface area contributed by atoms with Crippen molar-refractivity contribution in [1.82, 2.24) is 0 Å².